The van der Waals surface area contributed by atoms with E-state index in [0.29, 0.717) is 0 Å². The third kappa shape index (κ3) is 3.36. The minimum atomic E-state index is -0.0291. The summed E-state index contributed by atoms with van der Waals surface area (Å²) < 4.78 is 6.09. The van der Waals surface area contributed by atoms with Gasteiger partial charge < -0.3 is 10.5 Å². The molecule has 2 unspecified atom stereocenters. The van der Waals surface area contributed by atoms with Crippen LogP contribution in [0.3, 0.4) is 0 Å². The fraction of sp³-hybridized carbons (Fsp3) is 0.294. The molecule has 2 N–H and O–H groups in total. The van der Waals surface area contributed by atoms with Gasteiger partial charge in [-0.3, -0.25) is 0 Å². The van der Waals surface area contributed by atoms with Crippen LogP contribution in [0.15, 0.2) is 48.5 Å². The molecule has 0 heterocycles. The smallest absolute Gasteiger partial charge is 0.125 e. The molecule has 0 amide bonds. The van der Waals surface area contributed by atoms with Gasteiger partial charge in [0.15, 0.2) is 0 Å². The van der Waals surface area contributed by atoms with E-state index in [1.165, 1.54) is 11.1 Å². The molecule has 19 heavy (non-hydrogen) atoms. The van der Waals surface area contributed by atoms with E-state index >= 15 is 0 Å². The fourth-order valence-electron chi connectivity index (χ4n) is 2.10. The predicted molar refractivity (Wildman–Crippen MR) is 79.3 cm³/mol. The van der Waals surface area contributed by atoms with Crippen molar-refractivity contribution in [3.63, 3.8) is 0 Å². The van der Waals surface area contributed by atoms with Crippen LogP contribution in [0.5, 0.6) is 5.75 Å². The monoisotopic (exact) mass is 255 g/mol. The van der Waals surface area contributed by atoms with Gasteiger partial charge in [0.1, 0.15) is 11.9 Å². The molecular weight excluding hydrogens is 234 g/mol. The Morgan fingerprint density at radius 2 is 1.68 bits per heavy atom. The van der Waals surface area contributed by atoms with Crippen molar-refractivity contribution in [3.8, 4) is 5.75 Å². The van der Waals surface area contributed by atoms with E-state index in [2.05, 4.69) is 38.1 Å². The SMILES string of the molecule is Cc1ccc(C(C)N)c(OC(C)c2ccccc2)c1. The summed E-state index contributed by atoms with van der Waals surface area (Å²) in [5.74, 6) is 0.881. The van der Waals surface area contributed by atoms with E-state index < -0.39 is 0 Å². The first-order valence-corrected chi connectivity index (χ1v) is 6.65. The molecule has 0 fully saturated rings. The summed E-state index contributed by atoms with van der Waals surface area (Å²) in [5, 5.41) is 0. The lowest BCUT2D eigenvalue weighted by atomic mass is 10.1. The van der Waals surface area contributed by atoms with Gasteiger partial charge in [-0.25, -0.2) is 0 Å². The van der Waals surface area contributed by atoms with Gasteiger partial charge in [0, 0.05) is 11.6 Å². The molecule has 2 rings (SSSR count). The Bertz CT molecular complexity index is 534. The highest BCUT2D eigenvalue weighted by molar-refractivity contribution is 5.39. The van der Waals surface area contributed by atoms with E-state index in [-0.39, 0.29) is 12.1 Å². The van der Waals surface area contributed by atoms with E-state index in [4.69, 9.17) is 10.5 Å². The number of benzene rings is 2. The maximum absolute atomic E-state index is 6.09. The van der Waals surface area contributed by atoms with Crippen molar-refractivity contribution >= 4 is 0 Å². The Labute approximate surface area is 115 Å². The normalized spacial score (nSPS) is 13.9. The predicted octanol–water partition coefficient (Wildman–Crippen LogP) is 4.15. The molecule has 0 saturated heterocycles. The first-order chi connectivity index (χ1) is 9.08. The van der Waals surface area contributed by atoms with Gasteiger partial charge in [-0.1, -0.05) is 42.5 Å². The molecule has 2 nitrogen and oxygen atoms in total. The number of rotatable bonds is 4. The van der Waals surface area contributed by atoms with Crippen LogP contribution < -0.4 is 10.5 Å². The fourth-order valence-corrected chi connectivity index (χ4v) is 2.10. The van der Waals surface area contributed by atoms with Crippen molar-refractivity contribution in [1.82, 2.24) is 0 Å². The van der Waals surface area contributed by atoms with Crippen LogP contribution in [0, 0.1) is 6.92 Å². The van der Waals surface area contributed by atoms with Crippen molar-refractivity contribution in [1.29, 1.82) is 0 Å². The molecule has 0 aliphatic carbocycles. The van der Waals surface area contributed by atoms with Gasteiger partial charge in [-0.2, -0.15) is 0 Å². The Balaban J connectivity index is 2.25. The molecular formula is C17H21NO. The first-order valence-electron chi connectivity index (χ1n) is 6.65. The second-order valence-electron chi connectivity index (χ2n) is 5.00. The molecule has 2 aromatic carbocycles. The lowest BCUT2D eigenvalue weighted by molar-refractivity contribution is 0.223. The van der Waals surface area contributed by atoms with Gasteiger partial charge in [-0.15, -0.1) is 0 Å². The summed E-state index contributed by atoms with van der Waals surface area (Å²) in [6.45, 7) is 6.10. The zero-order valence-corrected chi connectivity index (χ0v) is 11.8. The van der Waals surface area contributed by atoms with Gasteiger partial charge >= 0.3 is 0 Å². The van der Waals surface area contributed by atoms with E-state index in [9.17, 15) is 0 Å². The summed E-state index contributed by atoms with van der Waals surface area (Å²) in [6, 6.07) is 16.4. The molecule has 0 saturated carbocycles. The Hall–Kier alpha value is -1.80. The average molecular weight is 255 g/mol. The Kier molecular flexibility index (Phi) is 4.23. The minimum Gasteiger partial charge on any atom is -0.486 e. The van der Waals surface area contributed by atoms with Crippen LogP contribution in [0.4, 0.5) is 0 Å². The van der Waals surface area contributed by atoms with E-state index in [1.807, 2.05) is 31.2 Å². The molecule has 0 spiro atoms. The molecule has 0 bridgehead atoms. The second kappa shape index (κ2) is 5.89. The minimum absolute atomic E-state index is 0.0144. The lowest BCUT2D eigenvalue weighted by Gasteiger charge is -2.20. The molecule has 0 aliphatic rings. The summed E-state index contributed by atoms with van der Waals surface area (Å²) in [4.78, 5) is 0. The van der Waals surface area contributed by atoms with Gasteiger partial charge in [-0.05, 0) is 38.0 Å². The Morgan fingerprint density at radius 1 is 1.00 bits per heavy atom. The highest BCUT2D eigenvalue weighted by Crippen LogP contribution is 2.29. The molecule has 0 aromatic heterocycles. The molecule has 100 valence electrons. The van der Waals surface area contributed by atoms with Crippen molar-refractivity contribution in [3.05, 3.63) is 65.2 Å². The van der Waals surface area contributed by atoms with Crippen LogP contribution in [0.1, 0.15) is 42.7 Å². The molecule has 2 aromatic rings. The second-order valence-corrected chi connectivity index (χ2v) is 5.00. The topological polar surface area (TPSA) is 35.2 Å². The third-order valence-electron chi connectivity index (χ3n) is 3.23. The maximum Gasteiger partial charge on any atom is 0.125 e. The summed E-state index contributed by atoms with van der Waals surface area (Å²) >= 11 is 0. The van der Waals surface area contributed by atoms with Crippen LogP contribution in [0.25, 0.3) is 0 Å². The molecule has 0 aliphatic heterocycles. The number of nitrogens with two attached hydrogens (primary N) is 1. The lowest BCUT2D eigenvalue weighted by Crippen LogP contribution is -2.10. The van der Waals surface area contributed by atoms with Crippen molar-refractivity contribution in [2.45, 2.75) is 32.9 Å². The average Bonchev–Trinajstić information content (AvgIpc) is 2.39. The highest BCUT2D eigenvalue weighted by Gasteiger charge is 2.12. The van der Waals surface area contributed by atoms with Crippen molar-refractivity contribution in [2.24, 2.45) is 5.73 Å². The number of ether oxygens (including phenoxy) is 1. The summed E-state index contributed by atoms with van der Waals surface area (Å²) in [5.41, 5.74) is 9.39. The van der Waals surface area contributed by atoms with Gasteiger partial charge in [0.05, 0.1) is 0 Å². The quantitative estimate of drug-likeness (QED) is 0.890. The largest absolute Gasteiger partial charge is 0.486 e. The number of aryl methyl sites for hydroxylation is 1. The number of hydrogen-bond acceptors (Lipinski definition) is 2. The van der Waals surface area contributed by atoms with Crippen molar-refractivity contribution < 1.29 is 4.74 Å². The standard InChI is InChI=1S/C17H21NO/c1-12-9-10-16(13(2)18)17(11-12)19-14(3)15-7-5-4-6-8-15/h4-11,13-14H,18H2,1-3H3. The third-order valence-corrected chi connectivity index (χ3v) is 3.23. The van der Waals surface area contributed by atoms with E-state index in [1.54, 1.807) is 0 Å². The van der Waals surface area contributed by atoms with Crippen molar-refractivity contribution in [2.75, 3.05) is 0 Å². The Morgan fingerprint density at radius 3 is 2.32 bits per heavy atom. The van der Waals surface area contributed by atoms with Gasteiger partial charge in [0.2, 0.25) is 0 Å². The molecule has 2 atom stereocenters. The van der Waals surface area contributed by atoms with Gasteiger partial charge in [0.25, 0.3) is 0 Å². The van der Waals surface area contributed by atoms with Crippen LogP contribution in [-0.4, -0.2) is 0 Å². The van der Waals surface area contributed by atoms with Crippen LogP contribution in [-0.2, 0) is 0 Å². The maximum atomic E-state index is 6.09. The van der Waals surface area contributed by atoms with E-state index in [0.717, 1.165) is 11.3 Å². The number of hydrogen-bond donors (Lipinski definition) is 1. The van der Waals surface area contributed by atoms with Crippen LogP contribution >= 0.6 is 0 Å². The zero-order valence-electron chi connectivity index (χ0n) is 11.8. The first kappa shape index (κ1) is 13.6. The molecule has 2 heteroatoms. The summed E-state index contributed by atoms with van der Waals surface area (Å²) in [6.07, 6.45) is 0.0144. The molecule has 0 radical (unpaired) electrons. The highest BCUT2D eigenvalue weighted by atomic mass is 16.5. The zero-order chi connectivity index (χ0) is 13.8. The summed E-state index contributed by atoms with van der Waals surface area (Å²) in [7, 11) is 0. The van der Waals surface area contributed by atoms with Crippen LogP contribution in [0.2, 0.25) is 0 Å².